The lowest BCUT2D eigenvalue weighted by Crippen LogP contribution is -2.41. The second-order valence-corrected chi connectivity index (χ2v) is 6.28. The molecule has 2 heteroatoms. The Hall–Kier alpha value is -1.38. The van der Waals surface area contributed by atoms with E-state index in [1.165, 1.54) is 16.3 Å². The minimum Gasteiger partial charge on any atom is -0.311 e. The Morgan fingerprint density at radius 2 is 1.57 bits per heavy atom. The number of hydrogen-bond donors (Lipinski definition) is 1. The van der Waals surface area contributed by atoms with Gasteiger partial charge in [0, 0.05) is 31.7 Å². The molecule has 2 nitrogen and oxygen atoms in total. The molecule has 2 rings (SSSR count). The molecule has 0 bridgehead atoms. The topological polar surface area (TPSA) is 15.3 Å². The molecule has 0 radical (unpaired) electrons. The van der Waals surface area contributed by atoms with E-state index in [-0.39, 0.29) is 0 Å². The Morgan fingerprint density at radius 3 is 2.24 bits per heavy atom. The van der Waals surface area contributed by atoms with Crippen LogP contribution in [0, 0.1) is 0 Å². The zero-order valence-corrected chi connectivity index (χ0v) is 13.8. The van der Waals surface area contributed by atoms with Crippen LogP contribution in [0.3, 0.4) is 0 Å². The monoisotopic (exact) mass is 284 g/mol. The summed E-state index contributed by atoms with van der Waals surface area (Å²) in [5, 5.41) is 6.20. The summed E-state index contributed by atoms with van der Waals surface area (Å²) in [7, 11) is 0. The third-order valence-electron chi connectivity index (χ3n) is 4.02. The molecule has 2 aromatic carbocycles. The molecular formula is C19H28N2. The lowest BCUT2D eigenvalue weighted by Gasteiger charge is -2.30. The first-order valence-corrected chi connectivity index (χ1v) is 8.02. The van der Waals surface area contributed by atoms with Gasteiger partial charge in [0.2, 0.25) is 0 Å². The predicted octanol–water partition coefficient (Wildman–Crippen LogP) is 4.05. The van der Waals surface area contributed by atoms with Crippen LogP contribution in [0.2, 0.25) is 0 Å². The van der Waals surface area contributed by atoms with Crippen molar-refractivity contribution in [3.05, 3.63) is 48.0 Å². The normalized spacial score (nSPS) is 12.0. The first-order chi connectivity index (χ1) is 10.1. The standard InChI is InChI=1S/C19H28N2/c1-15(2)21(16(3)4)12-11-20-14-17-9-10-18-7-5-6-8-19(18)13-17/h5-10,13,15-16,20H,11-12,14H2,1-4H3. The highest BCUT2D eigenvalue weighted by Crippen LogP contribution is 2.15. The summed E-state index contributed by atoms with van der Waals surface area (Å²) < 4.78 is 0. The molecule has 1 N–H and O–H groups in total. The minimum absolute atomic E-state index is 0.604. The van der Waals surface area contributed by atoms with Crippen LogP contribution in [-0.2, 0) is 6.54 Å². The quantitative estimate of drug-likeness (QED) is 0.772. The molecule has 0 spiro atoms. The highest BCUT2D eigenvalue weighted by Gasteiger charge is 2.11. The lowest BCUT2D eigenvalue weighted by molar-refractivity contribution is 0.176. The molecule has 0 aliphatic carbocycles. The molecule has 0 atom stereocenters. The molecular weight excluding hydrogens is 256 g/mol. The molecule has 0 aliphatic heterocycles. The SMILES string of the molecule is CC(C)N(CCNCc1ccc2ccccc2c1)C(C)C. The van der Waals surface area contributed by atoms with Gasteiger partial charge in [-0.1, -0.05) is 36.4 Å². The number of rotatable bonds is 7. The van der Waals surface area contributed by atoms with Gasteiger partial charge in [0.05, 0.1) is 0 Å². The summed E-state index contributed by atoms with van der Waals surface area (Å²) in [6.07, 6.45) is 0. The van der Waals surface area contributed by atoms with Crippen LogP contribution in [0.25, 0.3) is 10.8 Å². The Morgan fingerprint density at radius 1 is 0.905 bits per heavy atom. The van der Waals surface area contributed by atoms with E-state index >= 15 is 0 Å². The fourth-order valence-electron chi connectivity index (χ4n) is 2.90. The van der Waals surface area contributed by atoms with Gasteiger partial charge in [-0.3, -0.25) is 4.90 Å². The van der Waals surface area contributed by atoms with E-state index in [2.05, 4.69) is 80.4 Å². The second kappa shape index (κ2) is 7.58. The van der Waals surface area contributed by atoms with Gasteiger partial charge in [-0.15, -0.1) is 0 Å². The zero-order valence-electron chi connectivity index (χ0n) is 13.8. The van der Waals surface area contributed by atoms with Crippen LogP contribution in [0.4, 0.5) is 0 Å². The van der Waals surface area contributed by atoms with Crippen LogP contribution >= 0.6 is 0 Å². The number of fused-ring (bicyclic) bond motifs is 1. The molecule has 0 saturated heterocycles. The Labute approximate surface area is 129 Å². The molecule has 0 aliphatic rings. The summed E-state index contributed by atoms with van der Waals surface area (Å²) in [6.45, 7) is 12.1. The molecule has 114 valence electrons. The van der Waals surface area contributed by atoms with Crippen LogP contribution in [0.5, 0.6) is 0 Å². The molecule has 0 aromatic heterocycles. The smallest absolute Gasteiger partial charge is 0.0206 e. The van der Waals surface area contributed by atoms with E-state index in [4.69, 9.17) is 0 Å². The van der Waals surface area contributed by atoms with Crippen LogP contribution in [0.1, 0.15) is 33.3 Å². The van der Waals surface area contributed by atoms with Crippen molar-refractivity contribution in [3.8, 4) is 0 Å². The number of nitrogens with zero attached hydrogens (tertiary/aromatic N) is 1. The van der Waals surface area contributed by atoms with Gasteiger partial charge >= 0.3 is 0 Å². The minimum atomic E-state index is 0.604. The molecule has 0 amide bonds. The number of hydrogen-bond acceptors (Lipinski definition) is 2. The Balaban J connectivity index is 1.84. The van der Waals surface area contributed by atoms with Crippen LogP contribution in [0.15, 0.2) is 42.5 Å². The highest BCUT2D eigenvalue weighted by molar-refractivity contribution is 5.82. The molecule has 0 heterocycles. The summed E-state index contributed by atoms with van der Waals surface area (Å²) in [5.74, 6) is 0. The van der Waals surface area contributed by atoms with Gasteiger partial charge in [-0.2, -0.15) is 0 Å². The highest BCUT2D eigenvalue weighted by atomic mass is 15.2. The van der Waals surface area contributed by atoms with Gasteiger partial charge < -0.3 is 5.32 Å². The first kappa shape index (κ1) is 16.0. The van der Waals surface area contributed by atoms with Crippen LogP contribution < -0.4 is 5.32 Å². The molecule has 0 fully saturated rings. The fraction of sp³-hybridized carbons (Fsp3) is 0.474. The Bertz CT molecular complexity index is 552. The summed E-state index contributed by atoms with van der Waals surface area (Å²) >= 11 is 0. The van der Waals surface area contributed by atoms with Crippen molar-refractivity contribution < 1.29 is 0 Å². The van der Waals surface area contributed by atoms with E-state index in [1.807, 2.05) is 0 Å². The van der Waals surface area contributed by atoms with Crippen molar-refractivity contribution in [2.45, 2.75) is 46.3 Å². The Kier molecular flexibility index (Phi) is 5.77. The van der Waals surface area contributed by atoms with Gasteiger partial charge in [0.25, 0.3) is 0 Å². The van der Waals surface area contributed by atoms with Crippen molar-refractivity contribution in [1.82, 2.24) is 10.2 Å². The van der Waals surface area contributed by atoms with E-state index in [1.54, 1.807) is 0 Å². The van der Waals surface area contributed by atoms with Crippen molar-refractivity contribution >= 4 is 10.8 Å². The summed E-state index contributed by atoms with van der Waals surface area (Å²) in [5.41, 5.74) is 1.36. The number of nitrogens with one attached hydrogen (secondary N) is 1. The fourth-order valence-corrected chi connectivity index (χ4v) is 2.90. The zero-order chi connectivity index (χ0) is 15.2. The first-order valence-electron chi connectivity index (χ1n) is 8.02. The maximum Gasteiger partial charge on any atom is 0.0206 e. The van der Waals surface area contributed by atoms with Crippen LogP contribution in [-0.4, -0.2) is 30.1 Å². The third-order valence-corrected chi connectivity index (χ3v) is 4.02. The summed E-state index contributed by atoms with van der Waals surface area (Å²) in [4.78, 5) is 2.52. The average molecular weight is 284 g/mol. The van der Waals surface area contributed by atoms with Gasteiger partial charge in [0.1, 0.15) is 0 Å². The van der Waals surface area contributed by atoms with E-state index < -0.39 is 0 Å². The van der Waals surface area contributed by atoms with Crippen molar-refractivity contribution in [3.63, 3.8) is 0 Å². The average Bonchev–Trinajstić information content (AvgIpc) is 2.46. The van der Waals surface area contributed by atoms with Crippen molar-refractivity contribution in [2.24, 2.45) is 0 Å². The lowest BCUT2D eigenvalue weighted by atomic mass is 10.1. The van der Waals surface area contributed by atoms with E-state index in [9.17, 15) is 0 Å². The maximum absolute atomic E-state index is 3.56. The summed E-state index contributed by atoms with van der Waals surface area (Å²) in [6, 6.07) is 16.5. The van der Waals surface area contributed by atoms with Gasteiger partial charge in [-0.05, 0) is 50.1 Å². The predicted molar refractivity (Wildman–Crippen MR) is 92.6 cm³/mol. The van der Waals surface area contributed by atoms with E-state index in [0.29, 0.717) is 12.1 Å². The van der Waals surface area contributed by atoms with E-state index in [0.717, 1.165) is 19.6 Å². The van der Waals surface area contributed by atoms with Gasteiger partial charge in [0.15, 0.2) is 0 Å². The molecule has 2 aromatic rings. The van der Waals surface area contributed by atoms with Crippen molar-refractivity contribution in [1.29, 1.82) is 0 Å². The van der Waals surface area contributed by atoms with Crippen molar-refractivity contribution in [2.75, 3.05) is 13.1 Å². The maximum atomic E-state index is 3.56. The largest absolute Gasteiger partial charge is 0.311 e. The molecule has 0 saturated carbocycles. The second-order valence-electron chi connectivity index (χ2n) is 6.28. The third kappa shape index (κ3) is 4.55. The number of benzene rings is 2. The molecule has 0 unspecified atom stereocenters. The van der Waals surface area contributed by atoms with Gasteiger partial charge in [-0.25, -0.2) is 0 Å². The molecule has 21 heavy (non-hydrogen) atoms.